The molecule has 48 valence electrons. The van der Waals surface area contributed by atoms with E-state index in [0.29, 0.717) is 0 Å². The topological polar surface area (TPSA) is 26.3 Å². The second-order valence-electron chi connectivity index (χ2n) is 1.58. The van der Waals surface area contributed by atoms with Gasteiger partial charge in [0.2, 0.25) is 0 Å². The lowest BCUT2D eigenvalue weighted by Gasteiger charge is -2.01. The van der Waals surface area contributed by atoms with Gasteiger partial charge in [0.15, 0.2) is 0 Å². The van der Waals surface area contributed by atoms with Gasteiger partial charge < -0.3 is 4.74 Å². The zero-order valence-electron chi connectivity index (χ0n) is 4.98. The van der Waals surface area contributed by atoms with Crippen LogP contribution < -0.4 is 0 Å². The Morgan fingerprint density at radius 2 is 2.38 bits per heavy atom. The molecule has 0 unspecified atom stereocenters. The van der Waals surface area contributed by atoms with E-state index in [-0.39, 0.29) is 11.9 Å². The van der Waals surface area contributed by atoms with Gasteiger partial charge in [0.25, 0.3) is 0 Å². The SMILES string of the molecule is COC(=O)[C@@H](C)CI. The monoisotopic (exact) mass is 228 g/mol. The van der Waals surface area contributed by atoms with Gasteiger partial charge in [-0.1, -0.05) is 29.5 Å². The lowest BCUT2D eigenvalue weighted by molar-refractivity contribution is -0.143. The van der Waals surface area contributed by atoms with Gasteiger partial charge in [-0.2, -0.15) is 0 Å². The van der Waals surface area contributed by atoms with Crippen LogP contribution in [0.3, 0.4) is 0 Å². The summed E-state index contributed by atoms with van der Waals surface area (Å²) < 4.78 is 5.28. The molecule has 0 aliphatic carbocycles. The van der Waals surface area contributed by atoms with E-state index in [9.17, 15) is 4.79 Å². The van der Waals surface area contributed by atoms with Gasteiger partial charge >= 0.3 is 5.97 Å². The van der Waals surface area contributed by atoms with Crippen LogP contribution >= 0.6 is 22.6 Å². The summed E-state index contributed by atoms with van der Waals surface area (Å²) in [5.41, 5.74) is 0. The molecular weight excluding hydrogens is 219 g/mol. The summed E-state index contributed by atoms with van der Waals surface area (Å²) in [6, 6.07) is 0. The predicted octanol–water partition coefficient (Wildman–Crippen LogP) is 1.23. The first kappa shape index (κ1) is 8.20. The molecule has 1 atom stereocenters. The summed E-state index contributed by atoms with van der Waals surface area (Å²) in [4.78, 5) is 10.5. The van der Waals surface area contributed by atoms with Gasteiger partial charge in [0.1, 0.15) is 0 Å². The Kier molecular flexibility index (Phi) is 4.22. The fourth-order valence-corrected chi connectivity index (χ4v) is 0.624. The van der Waals surface area contributed by atoms with E-state index >= 15 is 0 Å². The molecule has 0 aromatic rings. The quantitative estimate of drug-likeness (QED) is 0.403. The van der Waals surface area contributed by atoms with Crippen LogP contribution in [-0.4, -0.2) is 17.5 Å². The van der Waals surface area contributed by atoms with Gasteiger partial charge in [-0.15, -0.1) is 0 Å². The van der Waals surface area contributed by atoms with Crippen molar-refractivity contribution in [3.63, 3.8) is 0 Å². The minimum Gasteiger partial charge on any atom is -0.469 e. The normalized spacial score (nSPS) is 12.9. The Bertz CT molecular complexity index is 82.5. The first-order valence-electron chi connectivity index (χ1n) is 2.36. The number of halogens is 1. The number of methoxy groups -OCH3 is 1. The Hall–Kier alpha value is 0.200. The zero-order chi connectivity index (χ0) is 6.57. The largest absolute Gasteiger partial charge is 0.469 e. The smallest absolute Gasteiger partial charge is 0.309 e. The molecule has 0 bridgehead atoms. The van der Waals surface area contributed by atoms with Gasteiger partial charge in [0, 0.05) is 4.43 Å². The molecule has 0 aromatic carbocycles. The molecule has 0 aromatic heterocycles. The Labute approximate surface area is 62.7 Å². The molecule has 0 saturated heterocycles. The summed E-state index contributed by atoms with van der Waals surface area (Å²) in [6.45, 7) is 1.85. The van der Waals surface area contributed by atoms with Crippen molar-refractivity contribution in [3.8, 4) is 0 Å². The molecule has 0 aliphatic heterocycles. The second-order valence-corrected chi connectivity index (χ2v) is 2.46. The summed E-state index contributed by atoms with van der Waals surface area (Å²) in [5.74, 6) is -0.0833. The molecule has 0 fully saturated rings. The fourth-order valence-electron chi connectivity index (χ4n) is 0.264. The van der Waals surface area contributed by atoms with E-state index in [2.05, 4.69) is 27.3 Å². The standard InChI is InChI=1S/C5H9IO2/c1-4(3-6)5(7)8-2/h4H,3H2,1-2H3/t4-/m0/s1. The number of alkyl halides is 1. The molecular formula is C5H9IO2. The molecule has 0 N–H and O–H groups in total. The van der Waals surface area contributed by atoms with Crippen molar-refractivity contribution >= 4 is 28.6 Å². The Balaban J connectivity index is 3.46. The molecule has 2 nitrogen and oxygen atoms in total. The molecule has 0 heterocycles. The van der Waals surface area contributed by atoms with E-state index in [1.807, 2.05) is 6.92 Å². The maximum atomic E-state index is 10.5. The van der Waals surface area contributed by atoms with Crippen LogP contribution in [-0.2, 0) is 9.53 Å². The summed E-state index contributed by atoms with van der Waals surface area (Å²) >= 11 is 2.15. The minimum absolute atomic E-state index is 0.0422. The molecule has 0 spiro atoms. The Morgan fingerprint density at radius 1 is 1.88 bits per heavy atom. The predicted molar refractivity (Wildman–Crippen MR) is 40.1 cm³/mol. The molecule has 3 heteroatoms. The fraction of sp³-hybridized carbons (Fsp3) is 0.800. The van der Waals surface area contributed by atoms with Crippen LogP contribution in [0.2, 0.25) is 0 Å². The van der Waals surface area contributed by atoms with E-state index in [1.165, 1.54) is 7.11 Å². The maximum Gasteiger partial charge on any atom is 0.309 e. The number of ether oxygens (including phenoxy) is 1. The lowest BCUT2D eigenvalue weighted by Crippen LogP contribution is -2.13. The number of hydrogen-bond acceptors (Lipinski definition) is 2. The first-order chi connectivity index (χ1) is 3.72. The summed E-state index contributed by atoms with van der Waals surface area (Å²) in [7, 11) is 1.41. The number of carbonyl (C=O) groups is 1. The highest BCUT2D eigenvalue weighted by Gasteiger charge is 2.09. The van der Waals surface area contributed by atoms with Crippen molar-refractivity contribution in [1.29, 1.82) is 0 Å². The third kappa shape index (κ3) is 2.49. The minimum atomic E-state index is -0.126. The Morgan fingerprint density at radius 3 is 2.50 bits per heavy atom. The molecule has 8 heavy (non-hydrogen) atoms. The van der Waals surface area contributed by atoms with Crippen molar-refractivity contribution < 1.29 is 9.53 Å². The number of esters is 1. The van der Waals surface area contributed by atoms with Crippen LogP contribution in [0.1, 0.15) is 6.92 Å². The van der Waals surface area contributed by atoms with Crippen LogP contribution in [0.4, 0.5) is 0 Å². The average molecular weight is 228 g/mol. The van der Waals surface area contributed by atoms with Crippen LogP contribution in [0, 0.1) is 5.92 Å². The van der Waals surface area contributed by atoms with Crippen LogP contribution in [0.15, 0.2) is 0 Å². The van der Waals surface area contributed by atoms with E-state index in [4.69, 9.17) is 0 Å². The van der Waals surface area contributed by atoms with E-state index in [0.717, 1.165) is 4.43 Å². The number of rotatable bonds is 2. The molecule has 0 radical (unpaired) electrons. The first-order valence-corrected chi connectivity index (χ1v) is 3.88. The second kappa shape index (κ2) is 4.12. The van der Waals surface area contributed by atoms with Gasteiger partial charge in [-0.3, -0.25) is 4.79 Å². The highest BCUT2D eigenvalue weighted by molar-refractivity contribution is 14.1. The van der Waals surface area contributed by atoms with Crippen molar-refractivity contribution in [2.45, 2.75) is 6.92 Å². The molecule has 0 aliphatic rings. The van der Waals surface area contributed by atoms with Crippen LogP contribution in [0.25, 0.3) is 0 Å². The number of carbonyl (C=O) groups excluding carboxylic acids is 1. The average Bonchev–Trinajstić information content (AvgIpc) is 1.84. The molecule has 0 saturated carbocycles. The maximum absolute atomic E-state index is 10.5. The third-order valence-corrected chi connectivity index (χ3v) is 2.16. The van der Waals surface area contributed by atoms with Crippen molar-refractivity contribution in [2.75, 3.05) is 11.5 Å². The lowest BCUT2D eigenvalue weighted by atomic mass is 10.2. The third-order valence-electron chi connectivity index (χ3n) is 0.835. The van der Waals surface area contributed by atoms with Crippen molar-refractivity contribution in [3.05, 3.63) is 0 Å². The van der Waals surface area contributed by atoms with E-state index < -0.39 is 0 Å². The van der Waals surface area contributed by atoms with Crippen molar-refractivity contribution in [2.24, 2.45) is 5.92 Å². The van der Waals surface area contributed by atoms with Crippen LogP contribution in [0.5, 0.6) is 0 Å². The zero-order valence-corrected chi connectivity index (χ0v) is 7.14. The van der Waals surface area contributed by atoms with Crippen molar-refractivity contribution in [1.82, 2.24) is 0 Å². The van der Waals surface area contributed by atoms with E-state index in [1.54, 1.807) is 0 Å². The van der Waals surface area contributed by atoms with Gasteiger partial charge in [0.05, 0.1) is 13.0 Å². The van der Waals surface area contributed by atoms with Gasteiger partial charge in [-0.05, 0) is 0 Å². The summed E-state index contributed by atoms with van der Waals surface area (Å²) in [5, 5.41) is 0. The highest BCUT2D eigenvalue weighted by atomic mass is 127. The molecule has 0 amide bonds. The summed E-state index contributed by atoms with van der Waals surface area (Å²) in [6.07, 6.45) is 0. The number of hydrogen-bond donors (Lipinski definition) is 0. The highest BCUT2D eigenvalue weighted by Crippen LogP contribution is 2.01. The van der Waals surface area contributed by atoms with Gasteiger partial charge in [-0.25, -0.2) is 0 Å². The molecule has 0 rings (SSSR count).